The third-order valence-electron chi connectivity index (χ3n) is 6.59. The zero-order valence-electron chi connectivity index (χ0n) is 20.0. The van der Waals surface area contributed by atoms with Crippen molar-refractivity contribution in [2.75, 3.05) is 14.2 Å². The second kappa shape index (κ2) is 8.82. The number of aromatic hydroxyl groups is 1. The molecule has 4 aromatic rings. The summed E-state index contributed by atoms with van der Waals surface area (Å²) < 4.78 is 17.5. The first-order valence-electron chi connectivity index (χ1n) is 11.7. The van der Waals surface area contributed by atoms with Crippen LogP contribution in [0.1, 0.15) is 0 Å². The van der Waals surface area contributed by atoms with Crippen LogP contribution in [0.4, 0.5) is 0 Å². The lowest BCUT2D eigenvalue weighted by molar-refractivity contribution is 0.408. The Hall–Kier alpha value is -4.70. The summed E-state index contributed by atoms with van der Waals surface area (Å²) in [4.78, 5) is 0. The zero-order valence-corrected chi connectivity index (χ0v) is 20.0. The minimum Gasteiger partial charge on any atom is -0.507 e. The SMILES string of the molecule is COc1ccc(-c2cc(-c3ccccc3)c3c(-c4ccccc4)oc4cc(OC)ccc4c2-3)c(O)c1. The largest absolute Gasteiger partial charge is 0.507 e. The Balaban J connectivity index is 1.77. The molecule has 4 nitrogen and oxygen atoms in total. The van der Waals surface area contributed by atoms with Crippen molar-refractivity contribution in [3.63, 3.8) is 0 Å². The van der Waals surface area contributed by atoms with E-state index in [0.29, 0.717) is 17.1 Å². The van der Waals surface area contributed by atoms with E-state index in [1.54, 1.807) is 20.3 Å². The van der Waals surface area contributed by atoms with Crippen LogP contribution in [0.5, 0.6) is 17.2 Å². The van der Waals surface area contributed by atoms with E-state index in [2.05, 4.69) is 30.3 Å². The fourth-order valence-electron chi connectivity index (χ4n) is 4.87. The van der Waals surface area contributed by atoms with Crippen LogP contribution < -0.4 is 9.47 Å². The van der Waals surface area contributed by atoms with Gasteiger partial charge in [-0.2, -0.15) is 0 Å². The number of fused-ring (bicyclic) bond motifs is 3. The van der Waals surface area contributed by atoms with Crippen molar-refractivity contribution in [3.05, 3.63) is 103 Å². The molecule has 176 valence electrons. The van der Waals surface area contributed by atoms with E-state index in [1.807, 2.05) is 66.7 Å². The van der Waals surface area contributed by atoms with Crippen LogP contribution in [-0.2, 0) is 0 Å². The van der Waals surface area contributed by atoms with Gasteiger partial charge in [0.15, 0.2) is 0 Å². The van der Waals surface area contributed by atoms with Crippen molar-refractivity contribution in [1.82, 2.24) is 0 Å². The van der Waals surface area contributed by atoms with Gasteiger partial charge in [0.1, 0.15) is 28.6 Å². The third-order valence-corrected chi connectivity index (χ3v) is 6.59. The molecule has 1 N–H and O–H groups in total. The fraction of sp³-hybridized carbons (Fsp3) is 0.0625. The minimum absolute atomic E-state index is 0.157. The molecule has 0 radical (unpaired) electrons. The average molecular weight is 473 g/mol. The Morgan fingerprint density at radius 1 is 0.583 bits per heavy atom. The molecule has 0 saturated heterocycles. The smallest absolute Gasteiger partial charge is 0.143 e. The average Bonchev–Trinajstić information content (AvgIpc) is 3.33. The molecular weight excluding hydrogens is 448 g/mol. The summed E-state index contributed by atoms with van der Waals surface area (Å²) >= 11 is 0. The lowest BCUT2D eigenvalue weighted by Gasteiger charge is -2.16. The lowest BCUT2D eigenvalue weighted by Crippen LogP contribution is -1.91. The highest BCUT2D eigenvalue weighted by molar-refractivity contribution is 6.13. The van der Waals surface area contributed by atoms with Gasteiger partial charge in [0.25, 0.3) is 0 Å². The van der Waals surface area contributed by atoms with E-state index < -0.39 is 0 Å². The molecule has 6 rings (SSSR count). The highest BCUT2D eigenvalue weighted by Gasteiger charge is 2.28. The van der Waals surface area contributed by atoms with Gasteiger partial charge < -0.3 is 19.0 Å². The molecule has 0 saturated carbocycles. The number of hydrogen-bond acceptors (Lipinski definition) is 4. The number of ether oxygens (including phenoxy) is 2. The van der Waals surface area contributed by atoms with E-state index >= 15 is 0 Å². The quantitative estimate of drug-likeness (QED) is 0.274. The molecule has 1 aliphatic heterocycles. The van der Waals surface area contributed by atoms with Gasteiger partial charge in [-0.25, -0.2) is 0 Å². The third kappa shape index (κ3) is 3.55. The summed E-state index contributed by atoms with van der Waals surface area (Å²) in [6, 6.07) is 33.8. The molecule has 0 spiro atoms. The fourth-order valence-corrected chi connectivity index (χ4v) is 4.87. The molecule has 1 heterocycles. The molecule has 0 amide bonds. The maximum Gasteiger partial charge on any atom is 0.143 e. The van der Waals surface area contributed by atoms with Gasteiger partial charge in [-0.15, -0.1) is 0 Å². The number of phenolic OH excluding ortho intramolecular Hbond substituents is 1. The molecule has 0 fully saturated rings. The van der Waals surface area contributed by atoms with E-state index in [4.69, 9.17) is 13.9 Å². The van der Waals surface area contributed by atoms with Crippen LogP contribution in [0, 0.1) is 0 Å². The monoisotopic (exact) mass is 472 g/mol. The van der Waals surface area contributed by atoms with E-state index in [0.717, 1.165) is 50.1 Å². The van der Waals surface area contributed by atoms with Gasteiger partial charge in [0.05, 0.1) is 14.2 Å². The molecule has 1 aliphatic carbocycles. The van der Waals surface area contributed by atoms with E-state index in [-0.39, 0.29) is 5.75 Å². The molecule has 0 aromatic heterocycles. The van der Waals surface area contributed by atoms with Crippen LogP contribution in [-0.4, -0.2) is 19.3 Å². The topological polar surface area (TPSA) is 51.8 Å². The van der Waals surface area contributed by atoms with Gasteiger partial charge in [0.2, 0.25) is 0 Å². The van der Waals surface area contributed by atoms with Crippen molar-refractivity contribution in [1.29, 1.82) is 0 Å². The molecular formula is C32H24O4. The second-order valence-electron chi connectivity index (χ2n) is 8.63. The minimum atomic E-state index is 0.157. The number of hydrogen-bond donors (Lipinski definition) is 1. The summed E-state index contributed by atoms with van der Waals surface area (Å²) in [6.45, 7) is 0. The van der Waals surface area contributed by atoms with Gasteiger partial charge in [-0.05, 0) is 47.0 Å². The Kier molecular flexibility index (Phi) is 5.34. The van der Waals surface area contributed by atoms with Crippen LogP contribution >= 0.6 is 0 Å². The van der Waals surface area contributed by atoms with Gasteiger partial charge in [-0.3, -0.25) is 0 Å². The molecule has 4 aromatic carbocycles. The normalized spacial score (nSPS) is 11.2. The van der Waals surface area contributed by atoms with Crippen LogP contribution in [0.3, 0.4) is 0 Å². The maximum atomic E-state index is 11.0. The summed E-state index contributed by atoms with van der Waals surface area (Å²) in [5, 5.41) is 12.0. The maximum absolute atomic E-state index is 11.0. The van der Waals surface area contributed by atoms with Crippen molar-refractivity contribution < 1.29 is 19.0 Å². The lowest BCUT2D eigenvalue weighted by atomic mass is 9.92. The number of phenols is 1. The summed E-state index contributed by atoms with van der Waals surface area (Å²) in [6.07, 6.45) is 0. The first-order chi connectivity index (χ1) is 17.7. The van der Waals surface area contributed by atoms with Crippen molar-refractivity contribution in [2.45, 2.75) is 0 Å². The first kappa shape index (κ1) is 21.8. The second-order valence-corrected chi connectivity index (χ2v) is 8.63. The van der Waals surface area contributed by atoms with Gasteiger partial charge >= 0.3 is 0 Å². The summed E-state index contributed by atoms with van der Waals surface area (Å²) in [5.41, 5.74) is 7.45. The highest BCUT2D eigenvalue weighted by atomic mass is 16.5. The van der Waals surface area contributed by atoms with Crippen LogP contribution in [0.15, 0.2) is 108 Å². The van der Waals surface area contributed by atoms with Gasteiger partial charge in [-0.1, -0.05) is 60.7 Å². The van der Waals surface area contributed by atoms with Crippen LogP contribution in [0.25, 0.3) is 55.7 Å². The number of rotatable bonds is 5. The first-order valence-corrected chi connectivity index (χ1v) is 11.7. The molecule has 0 unspecified atom stereocenters. The Morgan fingerprint density at radius 2 is 1.22 bits per heavy atom. The number of methoxy groups -OCH3 is 2. The predicted molar refractivity (Wildman–Crippen MR) is 144 cm³/mol. The van der Waals surface area contributed by atoms with Crippen LogP contribution in [0.2, 0.25) is 0 Å². The predicted octanol–water partition coefficient (Wildman–Crippen LogP) is 8.26. The molecule has 2 aliphatic rings. The van der Waals surface area contributed by atoms with Crippen molar-refractivity contribution >= 4 is 11.0 Å². The van der Waals surface area contributed by atoms with Crippen molar-refractivity contribution in [3.8, 4) is 62.0 Å². The Bertz CT molecular complexity index is 1650. The Morgan fingerprint density at radius 3 is 1.89 bits per heavy atom. The highest BCUT2D eigenvalue weighted by Crippen LogP contribution is 2.53. The van der Waals surface area contributed by atoms with Crippen molar-refractivity contribution in [2.24, 2.45) is 0 Å². The zero-order chi connectivity index (χ0) is 24.6. The summed E-state index contributed by atoms with van der Waals surface area (Å²) in [7, 11) is 3.24. The Labute approximate surface area is 209 Å². The number of benzene rings is 4. The van der Waals surface area contributed by atoms with E-state index in [1.165, 1.54) is 0 Å². The molecule has 4 heteroatoms. The molecule has 36 heavy (non-hydrogen) atoms. The summed E-state index contributed by atoms with van der Waals surface area (Å²) in [5.74, 6) is 2.24. The van der Waals surface area contributed by atoms with Gasteiger partial charge in [0, 0.05) is 39.8 Å². The molecule has 0 bridgehead atoms. The molecule has 0 atom stereocenters. The van der Waals surface area contributed by atoms with E-state index in [9.17, 15) is 5.11 Å². The standard InChI is InChI=1S/C32H24O4/c1-34-22-13-15-24(28(33)17-22)27-19-26(20-9-5-3-6-10-20)31-30(27)25-16-14-23(35-2)18-29(25)36-32(31)21-11-7-4-8-12-21/h3-19,33H,1-2H3.